The number of aryl methyl sites for hydroxylation is 2. The predicted molar refractivity (Wildman–Crippen MR) is 90.1 cm³/mol. The van der Waals surface area contributed by atoms with E-state index in [9.17, 15) is 5.11 Å². The van der Waals surface area contributed by atoms with Crippen molar-refractivity contribution in [3.05, 3.63) is 51.2 Å². The minimum absolute atomic E-state index is 0.278. The topological polar surface area (TPSA) is 32.3 Å². The number of benzene rings is 1. The molecule has 21 heavy (non-hydrogen) atoms. The molecule has 0 bridgehead atoms. The standard InChI is InChI=1S/C18H23NOS/c1-12(18-11-14-7-3-6-10-17(14)21-18)19-16-9-5-4-8-15(16)13(2)20/h4-5,8-9,11-13,19-20H,3,6-7,10H2,1-2H3. The largest absolute Gasteiger partial charge is 0.389 e. The fourth-order valence-corrected chi connectivity index (χ4v) is 4.28. The minimum atomic E-state index is -0.447. The third-order valence-electron chi connectivity index (χ3n) is 4.23. The summed E-state index contributed by atoms with van der Waals surface area (Å²) in [5, 5.41) is 13.5. The van der Waals surface area contributed by atoms with Gasteiger partial charge in [0, 0.05) is 21.0 Å². The number of hydrogen-bond donors (Lipinski definition) is 2. The molecule has 2 nitrogen and oxygen atoms in total. The van der Waals surface area contributed by atoms with Crippen LogP contribution in [0.15, 0.2) is 30.3 Å². The number of thiophene rings is 1. The zero-order valence-electron chi connectivity index (χ0n) is 12.7. The Morgan fingerprint density at radius 1 is 1.14 bits per heavy atom. The molecule has 2 N–H and O–H groups in total. The molecule has 0 fully saturated rings. The van der Waals surface area contributed by atoms with Crippen LogP contribution >= 0.6 is 11.3 Å². The zero-order chi connectivity index (χ0) is 14.8. The molecule has 1 aromatic heterocycles. The highest BCUT2D eigenvalue weighted by Gasteiger charge is 2.17. The molecule has 1 aromatic carbocycles. The highest BCUT2D eigenvalue weighted by Crippen LogP contribution is 2.35. The van der Waals surface area contributed by atoms with E-state index in [1.165, 1.54) is 30.6 Å². The van der Waals surface area contributed by atoms with E-state index in [1.54, 1.807) is 10.4 Å². The summed E-state index contributed by atoms with van der Waals surface area (Å²) in [5.41, 5.74) is 3.55. The first-order valence-electron chi connectivity index (χ1n) is 7.80. The fraction of sp³-hybridized carbons (Fsp3) is 0.444. The van der Waals surface area contributed by atoms with Crippen molar-refractivity contribution >= 4 is 17.0 Å². The number of nitrogens with one attached hydrogen (secondary N) is 1. The molecule has 0 saturated carbocycles. The molecule has 1 heterocycles. The van der Waals surface area contributed by atoms with Crippen LogP contribution in [0.4, 0.5) is 5.69 Å². The van der Waals surface area contributed by atoms with Crippen LogP contribution in [0.25, 0.3) is 0 Å². The van der Waals surface area contributed by atoms with Crippen LogP contribution in [0.3, 0.4) is 0 Å². The highest BCUT2D eigenvalue weighted by atomic mass is 32.1. The number of hydrogen-bond acceptors (Lipinski definition) is 3. The van der Waals surface area contributed by atoms with E-state index in [4.69, 9.17) is 0 Å². The Hall–Kier alpha value is -1.32. The Morgan fingerprint density at radius 3 is 2.67 bits per heavy atom. The number of anilines is 1. The Bertz CT molecular complexity index is 594. The molecule has 1 aliphatic rings. The molecule has 2 aromatic rings. The average molecular weight is 301 g/mol. The lowest BCUT2D eigenvalue weighted by Crippen LogP contribution is -2.08. The fourth-order valence-electron chi connectivity index (χ4n) is 3.02. The molecule has 0 spiro atoms. The number of para-hydroxylation sites is 1. The molecular weight excluding hydrogens is 278 g/mol. The predicted octanol–water partition coefficient (Wildman–Crippen LogP) is 4.85. The van der Waals surface area contributed by atoms with Crippen LogP contribution in [0, 0.1) is 0 Å². The van der Waals surface area contributed by atoms with Crippen LogP contribution in [0.2, 0.25) is 0 Å². The average Bonchev–Trinajstić information content (AvgIpc) is 2.91. The second kappa shape index (κ2) is 6.20. The first kappa shape index (κ1) is 14.6. The monoisotopic (exact) mass is 301 g/mol. The maximum Gasteiger partial charge on any atom is 0.0781 e. The lowest BCUT2D eigenvalue weighted by molar-refractivity contribution is 0.200. The van der Waals surface area contributed by atoms with Gasteiger partial charge >= 0.3 is 0 Å². The van der Waals surface area contributed by atoms with Crippen LogP contribution in [0.1, 0.15) is 59.7 Å². The van der Waals surface area contributed by atoms with Gasteiger partial charge in [0.15, 0.2) is 0 Å². The summed E-state index contributed by atoms with van der Waals surface area (Å²) in [4.78, 5) is 2.98. The maximum absolute atomic E-state index is 9.88. The van der Waals surface area contributed by atoms with E-state index < -0.39 is 6.10 Å². The number of aliphatic hydroxyl groups is 1. The maximum atomic E-state index is 9.88. The smallest absolute Gasteiger partial charge is 0.0781 e. The molecule has 2 atom stereocenters. The molecule has 2 unspecified atom stereocenters. The number of fused-ring (bicyclic) bond motifs is 1. The van der Waals surface area contributed by atoms with Crippen molar-refractivity contribution in [1.29, 1.82) is 0 Å². The summed E-state index contributed by atoms with van der Waals surface area (Å²) in [6, 6.07) is 10.7. The number of aliphatic hydroxyl groups excluding tert-OH is 1. The van der Waals surface area contributed by atoms with Gasteiger partial charge in [0.25, 0.3) is 0 Å². The van der Waals surface area contributed by atoms with Gasteiger partial charge < -0.3 is 10.4 Å². The first-order chi connectivity index (χ1) is 10.1. The van der Waals surface area contributed by atoms with E-state index >= 15 is 0 Å². The lowest BCUT2D eigenvalue weighted by Gasteiger charge is -2.18. The van der Waals surface area contributed by atoms with Crippen molar-refractivity contribution in [1.82, 2.24) is 0 Å². The third kappa shape index (κ3) is 3.14. The molecule has 0 amide bonds. The molecule has 112 valence electrons. The Balaban J connectivity index is 1.80. The number of rotatable bonds is 4. The quantitative estimate of drug-likeness (QED) is 0.846. The van der Waals surface area contributed by atoms with E-state index in [1.807, 2.05) is 42.5 Å². The highest BCUT2D eigenvalue weighted by molar-refractivity contribution is 7.12. The summed E-state index contributed by atoms with van der Waals surface area (Å²) in [6.45, 7) is 4.02. The van der Waals surface area contributed by atoms with Gasteiger partial charge in [-0.25, -0.2) is 0 Å². The van der Waals surface area contributed by atoms with Crippen molar-refractivity contribution < 1.29 is 5.11 Å². The minimum Gasteiger partial charge on any atom is -0.389 e. The van der Waals surface area contributed by atoms with Crippen LogP contribution in [0.5, 0.6) is 0 Å². The van der Waals surface area contributed by atoms with E-state index in [0.717, 1.165) is 11.3 Å². The lowest BCUT2D eigenvalue weighted by atomic mass is 9.99. The summed E-state index contributed by atoms with van der Waals surface area (Å²) in [6.07, 6.45) is 4.70. The molecule has 1 aliphatic carbocycles. The molecule has 3 heteroatoms. The van der Waals surface area contributed by atoms with Crippen molar-refractivity contribution in [2.75, 3.05) is 5.32 Å². The van der Waals surface area contributed by atoms with Crippen LogP contribution < -0.4 is 5.32 Å². The van der Waals surface area contributed by atoms with E-state index in [0.29, 0.717) is 0 Å². The van der Waals surface area contributed by atoms with Crippen LogP contribution in [-0.4, -0.2) is 5.11 Å². The molecule has 0 saturated heterocycles. The SMILES string of the molecule is CC(O)c1ccccc1NC(C)c1cc2c(s1)CCCC2. The first-order valence-corrected chi connectivity index (χ1v) is 8.62. The van der Waals surface area contributed by atoms with Gasteiger partial charge in [-0.3, -0.25) is 0 Å². The molecule has 3 rings (SSSR count). The van der Waals surface area contributed by atoms with Gasteiger partial charge in [0.1, 0.15) is 0 Å². The normalized spacial score (nSPS) is 17.1. The summed E-state index contributed by atoms with van der Waals surface area (Å²) >= 11 is 1.95. The van der Waals surface area contributed by atoms with Gasteiger partial charge in [-0.15, -0.1) is 11.3 Å². The van der Waals surface area contributed by atoms with E-state index in [2.05, 4.69) is 18.3 Å². The van der Waals surface area contributed by atoms with Crippen molar-refractivity contribution in [3.63, 3.8) is 0 Å². The van der Waals surface area contributed by atoms with Gasteiger partial charge in [-0.1, -0.05) is 18.2 Å². The van der Waals surface area contributed by atoms with Gasteiger partial charge in [0.05, 0.1) is 12.1 Å². The van der Waals surface area contributed by atoms with Gasteiger partial charge in [0.2, 0.25) is 0 Å². The second-order valence-electron chi connectivity index (χ2n) is 5.93. The third-order valence-corrected chi connectivity index (χ3v) is 5.65. The van der Waals surface area contributed by atoms with Crippen molar-refractivity contribution in [2.45, 2.75) is 51.7 Å². The van der Waals surface area contributed by atoms with Crippen LogP contribution in [-0.2, 0) is 12.8 Å². The van der Waals surface area contributed by atoms with Crippen molar-refractivity contribution in [3.8, 4) is 0 Å². The summed E-state index contributed by atoms with van der Waals surface area (Å²) < 4.78 is 0. The van der Waals surface area contributed by atoms with Gasteiger partial charge in [-0.2, -0.15) is 0 Å². The van der Waals surface area contributed by atoms with Gasteiger partial charge in [-0.05, 0) is 57.2 Å². The van der Waals surface area contributed by atoms with E-state index in [-0.39, 0.29) is 6.04 Å². The molecular formula is C18H23NOS. The molecule has 0 aliphatic heterocycles. The Morgan fingerprint density at radius 2 is 1.90 bits per heavy atom. The summed E-state index contributed by atoms with van der Waals surface area (Å²) in [7, 11) is 0. The molecule has 0 radical (unpaired) electrons. The Kier molecular flexibility index (Phi) is 4.32. The second-order valence-corrected chi connectivity index (χ2v) is 7.10. The Labute approximate surface area is 130 Å². The summed E-state index contributed by atoms with van der Waals surface area (Å²) in [5.74, 6) is 0. The zero-order valence-corrected chi connectivity index (χ0v) is 13.5. The van der Waals surface area contributed by atoms with Crippen molar-refractivity contribution in [2.24, 2.45) is 0 Å².